The van der Waals surface area contributed by atoms with Crippen molar-refractivity contribution in [2.75, 3.05) is 0 Å². The summed E-state index contributed by atoms with van der Waals surface area (Å²) in [5.41, 5.74) is 3.69. The molecule has 0 saturated carbocycles. The molecule has 0 saturated heterocycles. The molecule has 0 bridgehead atoms. The van der Waals surface area contributed by atoms with E-state index in [1.54, 1.807) is 0 Å². The second kappa shape index (κ2) is 14.3. The maximum absolute atomic E-state index is 10.8. The Kier molecular flexibility index (Phi) is 12.5. The van der Waals surface area contributed by atoms with Gasteiger partial charge < -0.3 is 4.57 Å². The molecule has 32 heavy (non-hydrogen) atoms. The number of allylic oxidation sites excluding steroid dienone is 1. The van der Waals surface area contributed by atoms with Crippen LogP contribution in [0.4, 0.5) is 0 Å². The summed E-state index contributed by atoms with van der Waals surface area (Å²) in [6, 6.07) is 2.36. The second-order valence-electron chi connectivity index (χ2n) is 8.57. The first kappa shape index (κ1) is 28.1. The number of pyridine rings is 1. The Morgan fingerprint density at radius 2 is 1.94 bits per heavy atom. The maximum atomic E-state index is 10.8. The van der Waals surface area contributed by atoms with Crippen LogP contribution in [0, 0.1) is 30.1 Å². The number of aromatic nitrogens is 2. The van der Waals surface area contributed by atoms with Crippen molar-refractivity contribution in [3.05, 3.63) is 34.2 Å². The van der Waals surface area contributed by atoms with Crippen molar-refractivity contribution in [1.82, 2.24) is 9.55 Å². The average Bonchev–Trinajstić information content (AvgIpc) is 3.10. The zero-order valence-electron chi connectivity index (χ0n) is 20.9. The van der Waals surface area contributed by atoms with E-state index in [1.165, 1.54) is 29.3 Å². The highest BCUT2D eigenvalue weighted by molar-refractivity contribution is 9.10. The number of nitrogens with zero attached hydrogens (tertiary/aromatic N) is 3. The van der Waals surface area contributed by atoms with Gasteiger partial charge in [0.25, 0.3) is 0 Å². The normalized spacial score (nSPS) is 14.0. The van der Waals surface area contributed by atoms with Crippen molar-refractivity contribution >= 4 is 38.7 Å². The molecule has 0 spiro atoms. The number of aryl methyl sites for hydroxylation is 1. The first-order chi connectivity index (χ1) is 15.3. The van der Waals surface area contributed by atoms with Crippen molar-refractivity contribution in [2.24, 2.45) is 11.8 Å². The molecule has 2 aromatic rings. The van der Waals surface area contributed by atoms with E-state index in [2.05, 4.69) is 78.4 Å². The van der Waals surface area contributed by atoms with Gasteiger partial charge in [-0.3, -0.25) is 9.78 Å². The fourth-order valence-corrected chi connectivity index (χ4v) is 4.53. The summed E-state index contributed by atoms with van der Waals surface area (Å²) in [5, 5.41) is 9.33. The lowest BCUT2D eigenvalue weighted by Crippen LogP contribution is -2.16. The Labute approximate surface area is 203 Å². The molecular formula is C27H40BrN3O. The van der Waals surface area contributed by atoms with Crippen molar-refractivity contribution in [1.29, 1.82) is 5.26 Å². The number of ketones is 1. The Balaban J connectivity index is 0.000000482. The summed E-state index contributed by atoms with van der Waals surface area (Å²) >= 11 is 3.75. The number of Topliss-reactive ketones (excluding diaryl/α,β-unsaturated/α-hetero) is 1. The molecule has 2 heterocycles. The Morgan fingerprint density at radius 1 is 1.25 bits per heavy atom. The van der Waals surface area contributed by atoms with E-state index in [0.717, 1.165) is 29.4 Å². The van der Waals surface area contributed by atoms with Crippen LogP contribution in [0.1, 0.15) is 97.4 Å². The van der Waals surface area contributed by atoms with Crippen LogP contribution in [0.2, 0.25) is 0 Å². The third-order valence-electron chi connectivity index (χ3n) is 6.17. The second-order valence-corrected chi connectivity index (χ2v) is 9.42. The van der Waals surface area contributed by atoms with Gasteiger partial charge in [-0.25, -0.2) is 0 Å². The fraction of sp³-hybridized carbons (Fsp3) is 0.593. The van der Waals surface area contributed by atoms with Gasteiger partial charge in [-0.05, 0) is 54.5 Å². The maximum Gasteiger partial charge on any atom is 0.149 e. The smallest absolute Gasteiger partial charge is 0.149 e. The summed E-state index contributed by atoms with van der Waals surface area (Å²) in [4.78, 5) is 15.4. The summed E-state index contributed by atoms with van der Waals surface area (Å²) in [6.45, 7) is 15.0. The molecule has 2 aromatic heterocycles. The van der Waals surface area contributed by atoms with Gasteiger partial charge in [-0.2, -0.15) is 5.26 Å². The standard InChI is InChI=1S/C20H29BrN2.C7H11NO/c1-6-9-11-16-15(5)22-12-17-18(21)13-23(20(16)17)19(8-3)14(4)10-7-2;1-3-6(2)7(9)4-5-8/h9,11-14,19H,6-8,10H2,1-5H3;6H,3-4H2,1-2H3/b11-9-;. The third kappa shape index (κ3) is 7.30. The molecule has 0 radical (unpaired) electrons. The molecular weight excluding hydrogens is 462 g/mol. The monoisotopic (exact) mass is 501 g/mol. The predicted molar refractivity (Wildman–Crippen MR) is 140 cm³/mol. The van der Waals surface area contributed by atoms with E-state index < -0.39 is 0 Å². The molecule has 0 aliphatic carbocycles. The summed E-state index contributed by atoms with van der Waals surface area (Å²) in [6.07, 6.45) is 14.3. The SMILES string of the molecule is CC/C=C\c1c(C)ncc2c(Br)cn(C(CC)C(C)CCC)c12.CCC(C)C(=O)CC#N. The Hall–Kier alpha value is -1.93. The molecule has 5 heteroatoms. The van der Waals surface area contributed by atoms with Gasteiger partial charge in [0.15, 0.2) is 0 Å². The van der Waals surface area contributed by atoms with Gasteiger partial charge >= 0.3 is 0 Å². The quantitative estimate of drug-likeness (QED) is 0.328. The third-order valence-corrected chi connectivity index (χ3v) is 6.80. The minimum absolute atomic E-state index is 0.0556. The largest absolute Gasteiger partial charge is 0.342 e. The first-order valence-electron chi connectivity index (χ1n) is 12.0. The lowest BCUT2D eigenvalue weighted by Gasteiger charge is -2.26. The van der Waals surface area contributed by atoms with Crippen molar-refractivity contribution in [2.45, 2.75) is 93.0 Å². The molecule has 0 aliphatic heterocycles. The minimum atomic E-state index is 0.0556. The highest BCUT2D eigenvalue weighted by atomic mass is 79.9. The summed E-state index contributed by atoms with van der Waals surface area (Å²) in [5.74, 6) is 0.786. The first-order valence-corrected chi connectivity index (χ1v) is 12.8. The molecule has 176 valence electrons. The van der Waals surface area contributed by atoms with Crippen molar-refractivity contribution in [3.8, 4) is 6.07 Å². The van der Waals surface area contributed by atoms with Crippen LogP contribution in [-0.4, -0.2) is 15.3 Å². The van der Waals surface area contributed by atoms with Crippen LogP contribution >= 0.6 is 15.9 Å². The van der Waals surface area contributed by atoms with Crippen LogP contribution in [0.15, 0.2) is 22.9 Å². The number of hydrogen-bond acceptors (Lipinski definition) is 3. The van der Waals surface area contributed by atoms with Crippen molar-refractivity contribution in [3.63, 3.8) is 0 Å². The lowest BCUT2D eigenvalue weighted by molar-refractivity contribution is -0.121. The highest BCUT2D eigenvalue weighted by Gasteiger charge is 2.21. The van der Waals surface area contributed by atoms with E-state index in [0.29, 0.717) is 12.0 Å². The zero-order valence-corrected chi connectivity index (χ0v) is 22.5. The van der Waals surface area contributed by atoms with Gasteiger partial charge in [0.05, 0.1) is 18.0 Å². The molecule has 0 fully saturated rings. The fourth-order valence-electron chi connectivity index (χ4n) is 4.02. The number of carbonyl (C=O) groups is 1. The van der Waals surface area contributed by atoms with E-state index in [9.17, 15) is 4.79 Å². The number of halogens is 1. The van der Waals surface area contributed by atoms with Gasteiger partial charge in [0.2, 0.25) is 0 Å². The molecule has 0 aromatic carbocycles. The van der Waals surface area contributed by atoms with E-state index in [1.807, 2.05) is 26.1 Å². The van der Waals surface area contributed by atoms with Gasteiger partial charge in [0, 0.05) is 45.5 Å². The number of fused-ring (bicyclic) bond motifs is 1. The van der Waals surface area contributed by atoms with E-state index in [4.69, 9.17) is 5.26 Å². The van der Waals surface area contributed by atoms with Gasteiger partial charge in [0.1, 0.15) is 5.78 Å². The predicted octanol–water partition coefficient (Wildman–Crippen LogP) is 8.43. The minimum Gasteiger partial charge on any atom is -0.342 e. The van der Waals surface area contributed by atoms with Crippen molar-refractivity contribution < 1.29 is 4.79 Å². The summed E-state index contributed by atoms with van der Waals surface area (Å²) in [7, 11) is 0. The number of hydrogen-bond donors (Lipinski definition) is 0. The molecule has 0 aliphatic rings. The van der Waals surface area contributed by atoms with Crippen LogP contribution in [0.5, 0.6) is 0 Å². The Morgan fingerprint density at radius 3 is 2.47 bits per heavy atom. The highest BCUT2D eigenvalue weighted by Crippen LogP contribution is 2.36. The number of nitriles is 1. The summed E-state index contributed by atoms with van der Waals surface area (Å²) < 4.78 is 3.64. The van der Waals surface area contributed by atoms with Crippen LogP contribution in [-0.2, 0) is 4.79 Å². The van der Waals surface area contributed by atoms with Gasteiger partial charge in [-0.1, -0.05) is 60.1 Å². The van der Waals surface area contributed by atoms with E-state index in [-0.39, 0.29) is 18.1 Å². The molecule has 0 N–H and O–H groups in total. The molecule has 0 amide bonds. The number of rotatable bonds is 10. The van der Waals surface area contributed by atoms with Crippen LogP contribution in [0.3, 0.4) is 0 Å². The molecule has 4 nitrogen and oxygen atoms in total. The number of carbonyl (C=O) groups excluding carboxylic acids is 1. The average molecular weight is 503 g/mol. The molecule has 2 rings (SSSR count). The van der Waals surface area contributed by atoms with Crippen LogP contribution < -0.4 is 0 Å². The lowest BCUT2D eigenvalue weighted by atomic mass is 9.94. The topological polar surface area (TPSA) is 58.7 Å². The van der Waals surface area contributed by atoms with Gasteiger partial charge in [-0.15, -0.1) is 0 Å². The molecule has 3 atom stereocenters. The molecule has 3 unspecified atom stereocenters. The Bertz CT molecular complexity index is 939. The van der Waals surface area contributed by atoms with E-state index >= 15 is 0 Å². The zero-order chi connectivity index (χ0) is 24.3. The van der Waals surface area contributed by atoms with Crippen LogP contribution in [0.25, 0.3) is 17.0 Å².